The number of likely N-dealkylation sites (tertiary alicyclic amines) is 1. The monoisotopic (exact) mass is 282 g/mol. The molecule has 0 aromatic carbocycles. The molecule has 4 nitrogen and oxygen atoms in total. The molecule has 2 aliphatic rings. The Morgan fingerprint density at radius 1 is 1.30 bits per heavy atom. The van der Waals surface area contributed by atoms with E-state index in [0.717, 1.165) is 25.4 Å². The van der Waals surface area contributed by atoms with E-state index < -0.39 is 0 Å². The molecule has 0 spiro atoms. The zero-order chi connectivity index (χ0) is 14.8. The summed E-state index contributed by atoms with van der Waals surface area (Å²) in [6, 6.07) is 0.490. The van der Waals surface area contributed by atoms with Crippen molar-refractivity contribution < 1.29 is 9.53 Å². The van der Waals surface area contributed by atoms with Gasteiger partial charge in [0.2, 0.25) is 0 Å². The van der Waals surface area contributed by atoms with E-state index in [1.54, 1.807) is 0 Å². The Balaban J connectivity index is 1.89. The first kappa shape index (κ1) is 15.8. The standard InChI is InChI=1S/C16H30N2O2/c1-12-6-5-7-18(11-12)14-8-13(9-17-10-14)15(19)20-16(2,3)4/h12-14,17H,5-11H2,1-4H3/t12-,13-,14+/m1/s1. The Morgan fingerprint density at radius 3 is 2.70 bits per heavy atom. The van der Waals surface area contributed by atoms with E-state index in [2.05, 4.69) is 17.1 Å². The first-order valence-corrected chi connectivity index (χ1v) is 8.03. The number of nitrogens with zero attached hydrogens (tertiary/aromatic N) is 1. The Bertz CT molecular complexity index is 338. The zero-order valence-corrected chi connectivity index (χ0v) is 13.4. The zero-order valence-electron chi connectivity index (χ0n) is 13.4. The minimum Gasteiger partial charge on any atom is -0.460 e. The largest absolute Gasteiger partial charge is 0.460 e. The first-order chi connectivity index (χ1) is 9.35. The summed E-state index contributed by atoms with van der Waals surface area (Å²) < 4.78 is 5.54. The highest BCUT2D eigenvalue weighted by molar-refractivity contribution is 5.73. The molecule has 1 N–H and O–H groups in total. The highest BCUT2D eigenvalue weighted by Crippen LogP contribution is 2.24. The number of hydrogen-bond donors (Lipinski definition) is 1. The molecular formula is C16H30N2O2. The van der Waals surface area contributed by atoms with Gasteiger partial charge in [0, 0.05) is 25.7 Å². The second kappa shape index (κ2) is 6.44. The van der Waals surface area contributed by atoms with Crippen LogP contribution in [0.1, 0.15) is 47.0 Å². The summed E-state index contributed by atoms with van der Waals surface area (Å²) >= 11 is 0. The molecule has 4 heteroatoms. The van der Waals surface area contributed by atoms with Gasteiger partial charge in [-0.1, -0.05) is 6.92 Å². The van der Waals surface area contributed by atoms with E-state index in [4.69, 9.17) is 4.74 Å². The van der Waals surface area contributed by atoms with Crippen LogP contribution in [0.5, 0.6) is 0 Å². The van der Waals surface area contributed by atoms with Gasteiger partial charge in [-0.2, -0.15) is 0 Å². The van der Waals surface area contributed by atoms with Crippen LogP contribution in [-0.2, 0) is 9.53 Å². The lowest BCUT2D eigenvalue weighted by molar-refractivity contribution is -0.161. The fourth-order valence-electron chi connectivity index (χ4n) is 3.32. The maximum absolute atomic E-state index is 12.2. The van der Waals surface area contributed by atoms with Crippen LogP contribution >= 0.6 is 0 Å². The van der Waals surface area contributed by atoms with Gasteiger partial charge in [-0.15, -0.1) is 0 Å². The fraction of sp³-hybridized carbons (Fsp3) is 0.938. The number of piperidine rings is 2. The lowest BCUT2D eigenvalue weighted by Gasteiger charge is -2.41. The van der Waals surface area contributed by atoms with Crippen molar-refractivity contribution in [3.8, 4) is 0 Å². The third-order valence-electron chi connectivity index (χ3n) is 4.27. The van der Waals surface area contributed by atoms with Crippen molar-refractivity contribution in [2.24, 2.45) is 11.8 Å². The summed E-state index contributed by atoms with van der Waals surface area (Å²) in [6.45, 7) is 12.3. The SMILES string of the molecule is C[C@@H]1CCCN([C@@H]2CNC[C@H](C(=O)OC(C)(C)C)C2)C1. The molecule has 2 heterocycles. The molecule has 0 aromatic rings. The normalized spacial score (nSPS) is 32.9. The van der Waals surface area contributed by atoms with Gasteiger partial charge in [0.15, 0.2) is 0 Å². The molecule has 0 aliphatic carbocycles. The van der Waals surface area contributed by atoms with Crippen LogP contribution in [-0.4, -0.2) is 48.7 Å². The minimum atomic E-state index is -0.385. The molecule has 2 aliphatic heterocycles. The van der Waals surface area contributed by atoms with Crippen LogP contribution in [0.4, 0.5) is 0 Å². The van der Waals surface area contributed by atoms with Crippen LogP contribution in [0, 0.1) is 11.8 Å². The van der Waals surface area contributed by atoms with Gasteiger partial charge in [0.25, 0.3) is 0 Å². The van der Waals surface area contributed by atoms with E-state index in [1.807, 2.05) is 20.8 Å². The minimum absolute atomic E-state index is 0.00482. The highest BCUT2D eigenvalue weighted by atomic mass is 16.6. The van der Waals surface area contributed by atoms with Crippen LogP contribution < -0.4 is 5.32 Å². The van der Waals surface area contributed by atoms with E-state index in [1.165, 1.54) is 25.9 Å². The quantitative estimate of drug-likeness (QED) is 0.787. The average Bonchev–Trinajstić information content (AvgIpc) is 2.37. The molecule has 116 valence electrons. The number of hydrogen-bond acceptors (Lipinski definition) is 4. The van der Waals surface area contributed by atoms with Crippen molar-refractivity contribution in [2.45, 2.75) is 58.6 Å². The molecule has 20 heavy (non-hydrogen) atoms. The third-order valence-corrected chi connectivity index (χ3v) is 4.27. The molecule has 0 unspecified atom stereocenters. The molecule has 0 radical (unpaired) electrons. The molecule has 0 amide bonds. The molecule has 0 bridgehead atoms. The van der Waals surface area contributed by atoms with Crippen molar-refractivity contribution >= 4 is 5.97 Å². The van der Waals surface area contributed by atoms with Crippen molar-refractivity contribution in [2.75, 3.05) is 26.2 Å². The van der Waals surface area contributed by atoms with Gasteiger partial charge in [-0.3, -0.25) is 9.69 Å². The number of esters is 1. The number of nitrogens with one attached hydrogen (secondary N) is 1. The predicted octanol–water partition coefficient (Wildman–Crippen LogP) is 2.04. The predicted molar refractivity (Wildman–Crippen MR) is 80.6 cm³/mol. The molecule has 2 rings (SSSR count). The van der Waals surface area contributed by atoms with Gasteiger partial charge < -0.3 is 10.1 Å². The van der Waals surface area contributed by atoms with Gasteiger partial charge in [0.05, 0.1) is 5.92 Å². The van der Waals surface area contributed by atoms with Crippen molar-refractivity contribution in [1.29, 1.82) is 0 Å². The van der Waals surface area contributed by atoms with E-state index in [9.17, 15) is 4.79 Å². The molecular weight excluding hydrogens is 252 g/mol. The van der Waals surface area contributed by atoms with Gasteiger partial charge >= 0.3 is 5.97 Å². The van der Waals surface area contributed by atoms with Crippen LogP contribution in [0.25, 0.3) is 0 Å². The Morgan fingerprint density at radius 2 is 2.05 bits per heavy atom. The molecule has 0 saturated carbocycles. The van der Waals surface area contributed by atoms with E-state index in [-0.39, 0.29) is 17.5 Å². The van der Waals surface area contributed by atoms with Crippen LogP contribution in [0.3, 0.4) is 0 Å². The summed E-state index contributed by atoms with van der Waals surface area (Å²) in [5.41, 5.74) is -0.385. The number of carbonyl (C=O) groups excluding carboxylic acids is 1. The van der Waals surface area contributed by atoms with Crippen molar-refractivity contribution in [3.05, 3.63) is 0 Å². The van der Waals surface area contributed by atoms with Crippen molar-refractivity contribution in [3.63, 3.8) is 0 Å². The summed E-state index contributed by atoms with van der Waals surface area (Å²) in [6.07, 6.45) is 3.57. The lowest BCUT2D eigenvalue weighted by Crippen LogP contribution is -2.53. The third kappa shape index (κ3) is 4.45. The average molecular weight is 282 g/mol. The van der Waals surface area contributed by atoms with Gasteiger partial charge in [-0.25, -0.2) is 0 Å². The Labute approximate surface area is 123 Å². The summed E-state index contributed by atoms with van der Waals surface area (Å²) in [5.74, 6) is 0.746. The maximum atomic E-state index is 12.2. The second-order valence-corrected chi connectivity index (χ2v) is 7.52. The lowest BCUT2D eigenvalue weighted by atomic mass is 9.91. The van der Waals surface area contributed by atoms with Gasteiger partial charge in [-0.05, 0) is 52.5 Å². The Hall–Kier alpha value is -0.610. The fourth-order valence-corrected chi connectivity index (χ4v) is 3.32. The smallest absolute Gasteiger partial charge is 0.310 e. The molecule has 3 atom stereocenters. The van der Waals surface area contributed by atoms with Crippen molar-refractivity contribution in [1.82, 2.24) is 10.2 Å². The second-order valence-electron chi connectivity index (χ2n) is 7.52. The van der Waals surface area contributed by atoms with E-state index in [0.29, 0.717) is 6.04 Å². The molecule has 0 aromatic heterocycles. The summed E-state index contributed by atoms with van der Waals surface area (Å²) in [4.78, 5) is 14.8. The molecule has 2 fully saturated rings. The van der Waals surface area contributed by atoms with Crippen LogP contribution in [0.15, 0.2) is 0 Å². The molecule has 2 saturated heterocycles. The van der Waals surface area contributed by atoms with E-state index >= 15 is 0 Å². The first-order valence-electron chi connectivity index (χ1n) is 8.03. The van der Waals surface area contributed by atoms with Gasteiger partial charge in [0.1, 0.15) is 5.60 Å². The summed E-state index contributed by atoms with van der Waals surface area (Å²) in [5, 5.41) is 3.42. The number of rotatable bonds is 2. The number of carbonyl (C=O) groups is 1. The summed E-state index contributed by atoms with van der Waals surface area (Å²) in [7, 11) is 0. The highest BCUT2D eigenvalue weighted by Gasteiger charge is 2.34. The maximum Gasteiger partial charge on any atom is 0.310 e. The van der Waals surface area contributed by atoms with Crippen LogP contribution in [0.2, 0.25) is 0 Å². The number of ether oxygens (including phenoxy) is 1. The topological polar surface area (TPSA) is 41.6 Å². The Kier molecular flexibility index (Phi) is 5.08.